The van der Waals surface area contributed by atoms with Gasteiger partial charge in [-0.3, -0.25) is 4.79 Å². The molecule has 3 rings (SSSR count). The fraction of sp³-hybridized carbons (Fsp3) is 0.524. The molecule has 1 amide bonds. The summed E-state index contributed by atoms with van der Waals surface area (Å²) in [5, 5.41) is 6.67. The van der Waals surface area contributed by atoms with Gasteiger partial charge in [0.2, 0.25) is 0 Å². The SMILES string of the molecule is C=CCOC(=O)N[C@H]1[C@@H](N=[N+]=[N-])[C@@H]2O[C@@H](c3ccccc3)OC[C@H]2O[C@H]1SCCC(=O)OC. The summed E-state index contributed by atoms with van der Waals surface area (Å²) in [4.78, 5) is 26.8. The second kappa shape index (κ2) is 12.5. The van der Waals surface area contributed by atoms with Crippen molar-refractivity contribution < 1.29 is 33.3 Å². The summed E-state index contributed by atoms with van der Waals surface area (Å²) in [6.07, 6.45) is -1.03. The molecule has 12 heteroatoms. The molecule has 0 radical (unpaired) electrons. The van der Waals surface area contributed by atoms with E-state index in [1.165, 1.54) is 24.9 Å². The number of alkyl carbamates (subject to hydrolysis) is 1. The first kappa shape index (κ1) is 24.9. The summed E-state index contributed by atoms with van der Waals surface area (Å²) < 4.78 is 27.9. The number of rotatable bonds is 9. The van der Waals surface area contributed by atoms with Gasteiger partial charge in [0.15, 0.2) is 6.29 Å². The van der Waals surface area contributed by atoms with Gasteiger partial charge in [-0.25, -0.2) is 4.79 Å². The molecule has 2 aliphatic rings. The van der Waals surface area contributed by atoms with Crippen molar-refractivity contribution in [1.82, 2.24) is 5.32 Å². The number of ether oxygens (including phenoxy) is 5. The van der Waals surface area contributed by atoms with E-state index in [-0.39, 0.29) is 25.6 Å². The molecule has 0 aromatic heterocycles. The van der Waals surface area contributed by atoms with E-state index in [0.29, 0.717) is 5.75 Å². The molecule has 0 unspecified atom stereocenters. The van der Waals surface area contributed by atoms with Crippen molar-refractivity contribution in [1.29, 1.82) is 0 Å². The van der Waals surface area contributed by atoms with Crippen LogP contribution < -0.4 is 5.32 Å². The van der Waals surface area contributed by atoms with Gasteiger partial charge in [-0.1, -0.05) is 48.1 Å². The number of benzene rings is 1. The predicted molar refractivity (Wildman–Crippen MR) is 119 cm³/mol. The highest BCUT2D eigenvalue weighted by molar-refractivity contribution is 7.99. The summed E-state index contributed by atoms with van der Waals surface area (Å²) in [5.74, 6) is -0.000834. The molecule has 2 heterocycles. The van der Waals surface area contributed by atoms with Gasteiger partial charge in [-0.15, -0.1) is 11.8 Å². The molecule has 0 aliphatic carbocycles. The Hall–Kier alpha value is -2.76. The number of carbonyl (C=O) groups excluding carboxylic acids is 2. The molecular weight excluding hydrogens is 452 g/mol. The van der Waals surface area contributed by atoms with Crippen molar-refractivity contribution in [2.24, 2.45) is 5.11 Å². The molecule has 1 aromatic carbocycles. The average molecular weight is 479 g/mol. The maximum atomic E-state index is 12.3. The number of nitrogens with one attached hydrogen (secondary N) is 1. The van der Waals surface area contributed by atoms with Crippen LogP contribution in [0.1, 0.15) is 18.3 Å². The molecule has 0 bridgehead atoms. The van der Waals surface area contributed by atoms with Crippen molar-refractivity contribution in [2.45, 2.75) is 42.4 Å². The Morgan fingerprint density at radius 1 is 1.36 bits per heavy atom. The van der Waals surface area contributed by atoms with Gasteiger partial charge in [0.05, 0.1) is 32.2 Å². The quantitative estimate of drug-likeness (QED) is 0.188. The number of thioether (sulfide) groups is 1. The Morgan fingerprint density at radius 2 is 2.15 bits per heavy atom. The molecule has 2 saturated heterocycles. The van der Waals surface area contributed by atoms with Gasteiger partial charge in [0.25, 0.3) is 0 Å². The lowest BCUT2D eigenvalue weighted by Crippen LogP contribution is -2.65. The van der Waals surface area contributed by atoms with Gasteiger partial charge < -0.3 is 29.0 Å². The molecular formula is C21H26N4O7S. The van der Waals surface area contributed by atoms with E-state index < -0.39 is 42.1 Å². The number of hydrogen-bond acceptors (Lipinski definition) is 9. The molecule has 0 spiro atoms. The van der Waals surface area contributed by atoms with Crippen molar-refractivity contribution in [3.8, 4) is 0 Å². The van der Waals surface area contributed by atoms with Gasteiger partial charge in [0.1, 0.15) is 24.3 Å². The van der Waals surface area contributed by atoms with E-state index in [1.807, 2.05) is 30.3 Å². The zero-order chi connectivity index (χ0) is 23.6. The topological polar surface area (TPSA) is 141 Å². The van der Waals surface area contributed by atoms with Crippen molar-refractivity contribution >= 4 is 23.8 Å². The Labute approximate surface area is 195 Å². The number of amides is 1. The van der Waals surface area contributed by atoms with Gasteiger partial charge in [-0.2, -0.15) is 0 Å². The average Bonchev–Trinajstić information content (AvgIpc) is 2.84. The van der Waals surface area contributed by atoms with Crippen molar-refractivity contribution in [2.75, 3.05) is 26.1 Å². The van der Waals surface area contributed by atoms with Crippen LogP contribution >= 0.6 is 11.8 Å². The third-order valence-electron chi connectivity index (χ3n) is 5.06. The van der Waals surface area contributed by atoms with E-state index in [4.69, 9.17) is 18.9 Å². The molecule has 178 valence electrons. The second-order valence-corrected chi connectivity index (χ2v) is 8.38. The Morgan fingerprint density at radius 3 is 2.85 bits per heavy atom. The Bertz CT molecular complexity index is 867. The van der Waals surface area contributed by atoms with Gasteiger partial charge in [0, 0.05) is 16.2 Å². The van der Waals surface area contributed by atoms with Crippen LogP contribution in [-0.4, -0.2) is 67.9 Å². The lowest BCUT2D eigenvalue weighted by molar-refractivity contribution is -0.287. The zero-order valence-electron chi connectivity index (χ0n) is 18.1. The number of carbonyl (C=O) groups is 2. The van der Waals surface area contributed by atoms with Gasteiger partial charge in [-0.05, 0) is 5.53 Å². The van der Waals surface area contributed by atoms with Crippen molar-refractivity contribution in [3.05, 3.63) is 59.0 Å². The highest BCUT2D eigenvalue weighted by Crippen LogP contribution is 2.38. The first-order valence-electron chi connectivity index (χ1n) is 10.3. The third kappa shape index (κ3) is 6.62. The van der Waals surface area contributed by atoms with Crippen molar-refractivity contribution in [3.63, 3.8) is 0 Å². The lowest BCUT2D eigenvalue weighted by Gasteiger charge is -2.48. The number of hydrogen-bond donors (Lipinski definition) is 1. The van der Waals surface area contributed by atoms with E-state index in [9.17, 15) is 15.1 Å². The molecule has 2 fully saturated rings. The Kier molecular flexibility index (Phi) is 9.40. The Balaban J connectivity index is 1.81. The standard InChI is InChI=1S/C21H26N4O7S/c1-3-10-29-21(27)23-17-16(24-25-22)18-14(31-20(17)33-11-9-15(26)28-2)12-30-19(32-18)13-7-5-4-6-8-13/h3-8,14,16-20H,1,9-12H2,2H3,(H,23,27)/t14-,16-,17+,18-,19+,20+/m1/s1. The highest BCUT2D eigenvalue weighted by Gasteiger charge is 2.50. The van der Waals surface area contributed by atoms with Gasteiger partial charge >= 0.3 is 12.1 Å². The zero-order valence-corrected chi connectivity index (χ0v) is 18.9. The summed E-state index contributed by atoms with van der Waals surface area (Å²) in [6.45, 7) is 3.73. The number of azide groups is 1. The van der Waals surface area contributed by atoms with Crippen LogP contribution in [0.3, 0.4) is 0 Å². The van der Waals surface area contributed by atoms with Crippen LogP contribution in [0.5, 0.6) is 0 Å². The number of methoxy groups -OCH3 is 1. The van der Waals surface area contributed by atoms with Crippen LogP contribution in [-0.2, 0) is 28.5 Å². The fourth-order valence-electron chi connectivity index (χ4n) is 3.54. The molecule has 0 saturated carbocycles. The second-order valence-electron chi connectivity index (χ2n) is 7.17. The minimum absolute atomic E-state index is 0.0121. The first-order chi connectivity index (χ1) is 16.1. The number of fused-ring (bicyclic) bond motifs is 1. The van der Waals surface area contributed by atoms with Crippen LogP contribution in [0.15, 0.2) is 48.1 Å². The number of esters is 1. The van der Waals surface area contributed by atoms with E-state index >= 15 is 0 Å². The molecule has 11 nitrogen and oxygen atoms in total. The third-order valence-corrected chi connectivity index (χ3v) is 6.23. The maximum Gasteiger partial charge on any atom is 0.407 e. The van der Waals surface area contributed by atoms with E-state index in [0.717, 1.165) is 5.56 Å². The molecule has 2 aliphatic heterocycles. The number of nitrogens with zero attached hydrogens (tertiary/aromatic N) is 3. The predicted octanol–water partition coefficient (Wildman–Crippen LogP) is 3.08. The lowest BCUT2D eigenvalue weighted by atomic mass is 9.95. The molecule has 1 aromatic rings. The minimum atomic E-state index is -0.809. The van der Waals surface area contributed by atoms with E-state index in [2.05, 4.69) is 26.7 Å². The monoisotopic (exact) mass is 478 g/mol. The molecule has 6 atom stereocenters. The fourth-order valence-corrected chi connectivity index (χ4v) is 4.71. The van der Waals surface area contributed by atoms with Crippen LogP contribution in [0.4, 0.5) is 4.79 Å². The highest BCUT2D eigenvalue weighted by atomic mass is 32.2. The summed E-state index contributed by atoms with van der Waals surface area (Å²) >= 11 is 1.29. The van der Waals surface area contributed by atoms with E-state index in [1.54, 1.807) is 0 Å². The summed E-state index contributed by atoms with van der Waals surface area (Å²) in [6, 6.07) is 7.75. The van der Waals surface area contributed by atoms with Crippen LogP contribution in [0.2, 0.25) is 0 Å². The first-order valence-corrected chi connectivity index (χ1v) is 11.4. The van der Waals surface area contributed by atoms with Crippen LogP contribution in [0, 0.1) is 0 Å². The molecule has 33 heavy (non-hydrogen) atoms. The van der Waals surface area contributed by atoms with Crippen LogP contribution in [0.25, 0.3) is 10.4 Å². The smallest absolute Gasteiger partial charge is 0.407 e. The normalized spacial score (nSPS) is 28.5. The summed E-state index contributed by atoms with van der Waals surface area (Å²) in [5.41, 5.74) is 9.41. The summed E-state index contributed by atoms with van der Waals surface area (Å²) in [7, 11) is 1.31. The largest absolute Gasteiger partial charge is 0.469 e. The maximum absolute atomic E-state index is 12.3. The molecule has 1 N–H and O–H groups in total. The minimum Gasteiger partial charge on any atom is -0.469 e.